The first kappa shape index (κ1) is 14.5. The number of hydrogen-bond acceptors (Lipinski definition) is 2. The summed E-state index contributed by atoms with van der Waals surface area (Å²) in [5.41, 5.74) is 0. The Morgan fingerprint density at radius 3 is 2.79 bits per heavy atom. The summed E-state index contributed by atoms with van der Waals surface area (Å²) < 4.78 is 5.54. The van der Waals surface area contributed by atoms with Crippen molar-refractivity contribution in [1.29, 1.82) is 0 Å². The Balaban J connectivity index is 1.84. The highest BCUT2D eigenvalue weighted by molar-refractivity contribution is 6.35. The second kappa shape index (κ2) is 6.49. The normalized spacial score (nSPS) is 16.6. The highest BCUT2D eigenvalue weighted by Gasteiger charge is 2.21. The summed E-state index contributed by atoms with van der Waals surface area (Å²) in [5, 5.41) is 3.85. The summed E-state index contributed by atoms with van der Waals surface area (Å²) in [5.74, 6) is 0.991. The molecule has 0 radical (unpaired) electrons. The predicted octanol–water partition coefficient (Wildman–Crippen LogP) is 3.68. The summed E-state index contributed by atoms with van der Waals surface area (Å²) >= 11 is 11.8. The molecule has 1 aliphatic rings. The average Bonchev–Trinajstić information content (AvgIpc) is 2.30. The molecular formula is C14H17Cl2NO2. The van der Waals surface area contributed by atoms with Gasteiger partial charge in [0.25, 0.3) is 5.91 Å². The molecule has 1 atom stereocenters. The zero-order valence-electron chi connectivity index (χ0n) is 10.8. The molecule has 1 N–H and O–H groups in total. The molecule has 1 aromatic rings. The number of halogens is 2. The molecule has 0 saturated heterocycles. The SMILES string of the molecule is CC(Oc1ccc(Cl)cc1Cl)C(=O)NCC1CCC1. The number of ether oxygens (including phenoxy) is 1. The maximum Gasteiger partial charge on any atom is 0.260 e. The lowest BCUT2D eigenvalue weighted by atomic mass is 9.85. The fraction of sp³-hybridized carbons (Fsp3) is 0.500. The second-order valence-electron chi connectivity index (χ2n) is 4.88. The second-order valence-corrected chi connectivity index (χ2v) is 5.72. The Morgan fingerprint density at radius 2 is 2.21 bits per heavy atom. The van der Waals surface area contributed by atoms with Crippen LogP contribution in [0.15, 0.2) is 18.2 Å². The fourth-order valence-electron chi connectivity index (χ4n) is 1.90. The van der Waals surface area contributed by atoms with Crippen molar-refractivity contribution in [3.8, 4) is 5.75 Å². The van der Waals surface area contributed by atoms with Gasteiger partial charge < -0.3 is 10.1 Å². The first-order chi connectivity index (χ1) is 9.06. The van der Waals surface area contributed by atoms with Crippen molar-refractivity contribution >= 4 is 29.1 Å². The highest BCUT2D eigenvalue weighted by atomic mass is 35.5. The number of amides is 1. The first-order valence-corrected chi connectivity index (χ1v) is 7.21. The lowest BCUT2D eigenvalue weighted by Crippen LogP contribution is -2.40. The van der Waals surface area contributed by atoms with Crippen LogP contribution in [-0.2, 0) is 4.79 Å². The van der Waals surface area contributed by atoms with Gasteiger partial charge in [-0.15, -0.1) is 0 Å². The molecule has 3 nitrogen and oxygen atoms in total. The van der Waals surface area contributed by atoms with Crippen LogP contribution in [0, 0.1) is 5.92 Å². The molecule has 1 fully saturated rings. The van der Waals surface area contributed by atoms with E-state index in [2.05, 4.69) is 5.32 Å². The summed E-state index contributed by atoms with van der Waals surface area (Å²) in [6.07, 6.45) is 3.11. The lowest BCUT2D eigenvalue weighted by molar-refractivity contribution is -0.127. The molecule has 2 rings (SSSR count). The summed E-state index contributed by atoms with van der Waals surface area (Å²) in [4.78, 5) is 11.9. The highest BCUT2D eigenvalue weighted by Crippen LogP contribution is 2.28. The molecule has 1 amide bonds. The van der Waals surface area contributed by atoms with Gasteiger partial charge in [-0.2, -0.15) is 0 Å². The van der Waals surface area contributed by atoms with E-state index in [9.17, 15) is 4.79 Å². The van der Waals surface area contributed by atoms with Gasteiger partial charge in [-0.3, -0.25) is 4.79 Å². The van der Waals surface area contributed by atoms with E-state index in [0.717, 1.165) is 6.54 Å². The minimum Gasteiger partial charge on any atom is -0.479 e. The van der Waals surface area contributed by atoms with Crippen molar-refractivity contribution in [2.24, 2.45) is 5.92 Å². The third kappa shape index (κ3) is 4.02. The van der Waals surface area contributed by atoms with E-state index in [-0.39, 0.29) is 5.91 Å². The number of carbonyl (C=O) groups is 1. The van der Waals surface area contributed by atoms with Crippen molar-refractivity contribution in [3.63, 3.8) is 0 Å². The van der Waals surface area contributed by atoms with Crippen LogP contribution in [0.2, 0.25) is 10.0 Å². The topological polar surface area (TPSA) is 38.3 Å². The Bertz CT molecular complexity index is 461. The van der Waals surface area contributed by atoms with Gasteiger partial charge in [0.2, 0.25) is 0 Å². The lowest BCUT2D eigenvalue weighted by Gasteiger charge is -2.26. The van der Waals surface area contributed by atoms with Gasteiger partial charge in [0, 0.05) is 11.6 Å². The van der Waals surface area contributed by atoms with Gasteiger partial charge in [0.15, 0.2) is 6.10 Å². The maximum absolute atomic E-state index is 11.9. The van der Waals surface area contributed by atoms with Gasteiger partial charge in [-0.05, 0) is 43.9 Å². The van der Waals surface area contributed by atoms with Gasteiger partial charge in [0.1, 0.15) is 5.75 Å². The van der Waals surface area contributed by atoms with Gasteiger partial charge in [-0.25, -0.2) is 0 Å². The van der Waals surface area contributed by atoms with Crippen molar-refractivity contribution in [2.45, 2.75) is 32.3 Å². The van der Waals surface area contributed by atoms with Crippen LogP contribution < -0.4 is 10.1 Å². The molecule has 0 bridgehead atoms. The van der Waals surface area contributed by atoms with E-state index in [1.165, 1.54) is 19.3 Å². The van der Waals surface area contributed by atoms with Crippen molar-refractivity contribution in [3.05, 3.63) is 28.2 Å². The van der Waals surface area contributed by atoms with Crippen LogP contribution in [0.4, 0.5) is 0 Å². The standard InChI is InChI=1S/C14H17Cl2NO2/c1-9(14(18)17-8-10-3-2-4-10)19-13-6-5-11(15)7-12(13)16/h5-7,9-10H,2-4,8H2,1H3,(H,17,18). The van der Waals surface area contributed by atoms with E-state index < -0.39 is 6.10 Å². The Kier molecular flexibility index (Phi) is 4.94. The van der Waals surface area contributed by atoms with Crippen molar-refractivity contribution in [1.82, 2.24) is 5.32 Å². The first-order valence-electron chi connectivity index (χ1n) is 6.45. The van der Waals surface area contributed by atoms with Crippen molar-refractivity contribution in [2.75, 3.05) is 6.54 Å². The summed E-state index contributed by atoms with van der Waals surface area (Å²) in [7, 11) is 0. The number of benzene rings is 1. The molecule has 0 spiro atoms. The Morgan fingerprint density at radius 1 is 1.47 bits per heavy atom. The predicted molar refractivity (Wildman–Crippen MR) is 76.9 cm³/mol. The fourth-order valence-corrected chi connectivity index (χ4v) is 2.35. The summed E-state index contributed by atoms with van der Waals surface area (Å²) in [6.45, 7) is 2.45. The third-order valence-electron chi connectivity index (χ3n) is 3.36. The Hall–Kier alpha value is -0.930. The van der Waals surface area contributed by atoms with Crippen LogP contribution in [-0.4, -0.2) is 18.6 Å². The molecule has 0 heterocycles. The van der Waals surface area contributed by atoms with E-state index in [0.29, 0.717) is 21.7 Å². The third-order valence-corrected chi connectivity index (χ3v) is 3.89. The van der Waals surface area contributed by atoms with E-state index in [1.807, 2.05) is 0 Å². The maximum atomic E-state index is 11.9. The minimum atomic E-state index is -0.571. The van der Waals surface area contributed by atoms with Gasteiger partial charge >= 0.3 is 0 Å². The molecule has 1 aromatic carbocycles. The minimum absolute atomic E-state index is 0.113. The van der Waals surface area contributed by atoms with Gasteiger partial charge in [-0.1, -0.05) is 29.6 Å². The Labute approximate surface area is 123 Å². The number of carbonyl (C=O) groups excluding carboxylic acids is 1. The van der Waals surface area contributed by atoms with E-state index in [4.69, 9.17) is 27.9 Å². The van der Waals surface area contributed by atoms with Crippen LogP contribution in [0.3, 0.4) is 0 Å². The van der Waals surface area contributed by atoms with Crippen LogP contribution >= 0.6 is 23.2 Å². The van der Waals surface area contributed by atoms with Crippen LogP contribution in [0.5, 0.6) is 5.75 Å². The molecule has 0 aliphatic heterocycles. The smallest absolute Gasteiger partial charge is 0.260 e. The monoisotopic (exact) mass is 301 g/mol. The molecular weight excluding hydrogens is 285 g/mol. The van der Waals surface area contributed by atoms with Crippen molar-refractivity contribution < 1.29 is 9.53 Å². The number of nitrogens with one attached hydrogen (secondary N) is 1. The number of hydrogen-bond donors (Lipinski definition) is 1. The quantitative estimate of drug-likeness (QED) is 0.901. The van der Waals surface area contributed by atoms with E-state index >= 15 is 0 Å². The molecule has 1 saturated carbocycles. The van der Waals surface area contributed by atoms with Gasteiger partial charge in [0.05, 0.1) is 5.02 Å². The molecule has 19 heavy (non-hydrogen) atoms. The van der Waals surface area contributed by atoms with Crippen LogP contribution in [0.25, 0.3) is 0 Å². The average molecular weight is 302 g/mol. The summed E-state index contributed by atoms with van der Waals surface area (Å²) in [6, 6.07) is 4.94. The van der Waals surface area contributed by atoms with Crippen LogP contribution in [0.1, 0.15) is 26.2 Å². The molecule has 5 heteroatoms. The molecule has 1 aliphatic carbocycles. The number of rotatable bonds is 5. The zero-order chi connectivity index (χ0) is 13.8. The zero-order valence-corrected chi connectivity index (χ0v) is 12.3. The molecule has 0 aromatic heterocycles. The van der Waals surface area contributed by atoms with E-state index in [1.54, 1.807) is 25.1 Å². The largest absolute Gasteiger partial charge is 0.479 e. The molecule has 104 valence electrons. The molecule has 1 unspecified atom stereocenters.